The predicted molar refractivity (Wildman–Crippen MR) is 147 cm³/mol. The fourth-order valence-corrected chi connectivity index (χ4v) is 5.95. The highest BCUT2D eigenvalue weighted by Gasteiger charge is 2.40. The Bertz CT molecular complexity index is 1560. The van der Waals surface area contributed by atoms with E-state index in [9.17, 15) is 10.1 Å². The second kappa shape index (κ2) is 8.90. The number of nitriles is 1. The van der Waals surface area contributed by atoms with Crippen LogP contribution in [-0.4, -0.2) is 23.5 Å². The summed E-state index contributed by atoms with van der Waals surface area (Å²) in [5.74, 6) is -0.0164. The summed E-state index contributed by atoms with van der Waals surface area (Å²) in [7, 11) is 1.88. The number of hydrogen-bond donors (Lipinski definition) is 0. The Morgan fingerprint density at radius 2 is 1.66 bits per heavy atom. The SMILES string of the molecule is CC1OC(C)(C)c2cc(-c3ccc(C#N)n3C)ccc2N1C(=O)OCC1c2ccccc2-c2ccccc21. The first-order valence-electron chi connectivity index (χ1n) is 12.8. The number of carbonyl (C=O) groups excluding carboxylic acids is 1. The number of ether oxygens (including phenoxy) is 2. The van der Waals surface area contributed by atoms with Gasteiger partial charge in [0.1, 0.15) is 24.6 Å². The van der Waals surface area contributed by atoms with Gasteiger partial charge in [0, 0.05) is 24.2 Å². The van der Waals surface area contributed by atoms with Gasteiger partial charge in [0.2, 0.25) is 0 Å². The van der Waals surface area contributed by atoms with Gasteiger partial charge in [0.15, 0.2) is 0 Å². The van der Waals surface area contributed by atoms with Crippen molar-refractivity contribution in [1.82, 2.24) is 4.57 Å². The van der Waals surface area contributed by atoms with Gasteiger partial charge in [-0.2, -0.15) is 5.26 Å². The standard InChI is InChI=1S/C32H29N3O3/c1-20-35(31(36)37-19-27-25-11-7-5-9-23(25)24-10-6-8-12-26(24)27)30-15-13-21(17-28(30)32(2,3)38-20)29-16-14-22(18-33)34(29)4/h5-17,20,27H,19H2,1-4H3. The third-order valence-electron chi connectivity index (χ3n) is 7.80. The largest absolute Gasteiger partial charge is 0.448 e. The van der Waals surface area contributed by atoms with Crippen molar-refractivity contribution in [3.63, 3.8) is 0 Å². The highest BCUT2D eigenvalue weighted by atomic mass is 16.6. The highest BCUT2D eigenvalue weighted by molar-refractivity contribution is 5.91. The average Bonchev–Trinajstić information content (AvgIpc) is 3.44. The summed E-state index contributed by atoms with van der Waals surface area (Å²) in [6, 6.07) is 28.5. The van der Waals surface area contributed by atoms with Crippen LogP contribution in [0.4, 0.5) is 10.5 Å². The van der Waals surface area contributed by atoms with Crippen molar-refractivity contribution >= 4 is 11.8 Å². The van der Waals surface area contributed by atoms with Crippen LogP contribution in [0, 0.1) is 11.3 Å². The molecule has 0 N–H and O–H groups in total. The van der Waals surface area contributed by atoms with E-state index in [4.69, 9.17) is 9.47 Å². The molecule has 190 valence electrons. The van der Waals surface area contributed by atoms with E-state index in [1.807, 2.05) is 87.0 Å². The second-order valence-corrected chi connectivity index (χ2v) is 10.4. The van der Waals surface area contributed by atoms with Crippen molar-refractivity contribution in [2.45, 2.75) is 38.5 Å². The van der Waals surface area contributed by atoms with Crippen LogP contribution in [0.5, 0.6) is 0 Å². The molecule has 1 aromatic heterocycles. The molecule has 1 unspecified atom stereocenters. The fourth-order valence-electron chi connectivity index (χ4n) is 5.95. The zero-order chi connectivity index (χ0) is 26.6. The van der Waals surface area contributed by atoms with E-state index >= 15 is 0 Å². The molecular formula is C32H29N3O3. The van der Waals surface area contributed by atoms with Gasteiger partial charge in [0.25, 0.3) is 0 Å². The lowest BCUT2D eigenvalue weighted by molar-refractivity contribution is -0.0766. The molecule has 0 spiro atoms. The summed E-state index contributed by atoms with van der Waals surface area (Å²) < 4.78 is 14.2. The lowest BCUT2D eigenvalue weighted by Crippen LogP contribution is -2.49. The Morgan fingerprint density at radius 1 is 1.00 bits per heavy atom. The first-order chi connectivity index (χ1) is 18.3. The van der Waals surface area contributed by atoms with Gasteiger partial charge in [-0.05, 0) is 72.9 Å². The third kappa shape index (κ3) is 3.70. The normalized spacial score (nSPS) is 17.3. The van der Waals surface area contributed by atoms with Crippen molar-refractivity contribution in [3.05, 3.63) is 101 Å². The van der Waals surface area contributed by atoms with Crippen molar-refractivity contribution < 1.29 is 14.3 Å². The van der Waals surface area contributed by atoms with Crippen LogP contribution < -0.4 is 4.90 Å². The van der Waals surface area contributed by atoms with E-state index < -0.39 is 17.9 Å². The molecule has 0 bridgehead atoms. The topological polar surface area (TPSA) is 67.5 Å². The number of fused-ring (bicyclic) bond motifs is 4. The fraction of sp³-hybridized carbons (Fsp3) is 0.250. The lowest BCUT2D eigenvalue weighted by atomic mass is 9.91. The lowest BCUT2D eigenvalue weighted by Gasteiger charge is -2.43. The molecule has 2 aliphatic rings. The van der Waals surface area contributed by atoms with E-state index in [0.717, 1.165) is 22.5 Å². The Kier molecular flexibility index (Phi) is 5.62. The third-order valence-corrected chi connectivity index (χ3v) is 7.80. The summed E-state index contributed by atoms with van der Waals surface area (Å²) in [4.78, 5) is 15.2. The molecule has 3 aromatic carbocycles. The van der Waals surface area contributed by atoms with Crippen molar-refractivity contribution in [1.29, 1.82) is 5.26 Å². The molecule has 1 amide bonds. The van der Waals surface area contributed by atoms with Crippen molar-refractivity contribution in [2.75, 3.05) is 11.5 Å². The molecule has 38 heavy (non-hydrogen) atoms. The minimum Gasteiger partial charge on any atom is -0.448 e. The molecule has 2 heterocycles. The molecule has 0 saturated heterocycles. The number of carbonyl (C=O) groups is 1. The van der Waals surface area contributed by atoms with Crippen LogP contribution in [-0.2, 0) is 22.1 Å². The predicted octanol–water partition coefficient (Wildman–Crippen LogP) is 6.93. The van der Waals surface area contributed by atoms with E-state index in [0.29, 0.717) is 5.69 Å². The van der Waals surface area contributed by atoms with Crippen molar-refractivity contribution in [2.24, 2.45) is 7.05 Å². The average molecular weight is 504 g/mol. The van der Waals surface area contributed by atoms with Crippen LogP contribution in [0.1, 0.15) is 49.1 Å². The Morgan fingerprint density at radius 3 is 2.29 bits per heavy atom. The maximum absolute atomic E-state index is 13.6. The zero-order valence-electron chi connectivity index (χ0n) is 21.9. The van der Waals surface area contributed by atoms with Gasteiger partial charge >= 0.3 is 6.09 Å². The van der Waals surface area contributed by atoms with Gasteiger partial charge in [-0.3, -0.25) is 4.90 Å². The van der Waals surface area contributed by atoms with Crippen LogP contribution in [0.2, 0.25) is 0 Å². The first-order valence-corrected chi connectivity index (χ1v) is 12.8. The molecule has 0 radical (unpaired) electrons. The smallest absolute Gasteiger partial charge is 0.416 e. The number of nitrogens with zero attached hydrogens (tertiary/aromatic N) is 3. The maximum atomic E-state index is 13.6. The number of rotatable bonds is 3. The molecule has 6 nitrogen and oxygen atoms in total. The molecule has 1 atom stereocenters. The Hall–Kier alpha value is -4.34. The van der Waals surface area contributed by atoms with Crippen molar-refractivity contribution in [3.8, 4) is 28.5 Å². The Balaban J connectivity index is 1.31. The summed E-state index contributed by atoms with van der Waals surface area (Å²) in [5.41, 5.74) is 8.24. The molecule has 6 heteroatoms. The Labute approximate surface area is 222 Å². The molecular weight excluding hydrogens is 474 g/mol. The molecule has 1 aliphatic carbocycles. The minimum absolute atomic E-state index is 0.0164. The first kappa shape index (κ1) is 24.0. The minimum atomic E-state index is -0.617. The van der Waals surface area contributed by atoms with E-state index in [1.165, 1.54) is 22.3 Å². The monoisotopic (exact) mass is 503 g/mol. The zero-order valence-corrected chi connectivity index (χ0v) is 21.9. The summed E-state index contributed by atoms with van der Waals surface area (Å²) in [5, 5.41) is 9.37. The van der Waals surface area contributed by atoms with Gasteiger partial charge in [0.05, 0.1) is 11.3 Å². The number of anilines is 1. The number of hydrogen-bond acceptors (Lipinski definition) is 4. The van der Waals surface area contributed by atoms with Gasteiger partial charge < -0.3 is 14.0 Å². The molecule has 4 aromatic rings. The van der Waals surface area contributed by atoms with Crippen LogP contribution in [0.15, 0.2) is 78.9 Å². The summed E-state index contributed by atoms with van der Waals surface area (Å²) in [6.45, 7) is 6.13. The number of aromatic nitrogens is 1. The van der Waals surface area contributed by atoms with Gasteiger partial charge in [-0.25, -0.2) is 4.79 Å². The molecule has 0 saturated carbocycles. The molecule has 6 rings (SSSR count). The van der Waals surface area contributed by atoms with E-state index in [-0.39, 0.29) is 12.5 Å². The van der Waals surface area contributed by atoms with Crippen LogP contribution >= 0.6 is 0 Å². The van der Waals surface area contributed by atoms with E-state index in [2.05, 4.69) is 30.3 Å². The van der Waals surface area contributed by atoms with Gasteiger partial charge in [-0.15, -0.1) is 0 Å². The number of amides is 1. The maximum Gasteiger partial charge on any atom is 0.416 e. The summed E-state index contributed by atoms with van der Waals surface area (Å²) >= 11 is 0. The van der Waals surface area contributed by atoms with Crippen LogP contribution in [0.25, 0.3) is 22.4 Å². The van der Waals surface area contributed by atoms with Gasteiger partial charge in [-0.1, -0.05) is 54.6 Å². The van der Waals surface area contributed by atoms with Crippen LogP contribution in [0.3, 0.4) is 0 Å². The second-order valence-electron chi connectivity index (χ2n) is 10.4. The molecule has 0 fully saturated rings. The van der Waals surface area contributed by atoms with E-state index in [1.54, 1.807) is 4.90 Å². The quantitative estimate of drug-likeness (QED) is 0.304. The highest BCUT2D eigenvalue weighted by Crippen LogP contribution is 2.46. The molecule has 1 aliphatic heterocycles. The number of benzene rings is 3. The summed E-state index contributed by atoms with van der Waals surface area (Å²) in [6.07, 6.45) is -0.936.